The predicted octanol–water partition coefficient (Wildman–Crippen LogP) is 3.38. The molecule has 4 aromatic rings. The summed E-state index contributed by atoms with van der Waals surface area (Å²) in [5.74, 6) is -0.372. The van der Waals surface area contributed by atoms with E-state index in [1.807, 2.05) is 19.0 Å². The van der Waals surface area contributed by atoms with Gasteiger partial charge in [0.05, 0.1) is 16.8 Å². The van der Waals surface area contributed by atoms with Gasteiger partial charge in [0.15, 0.2) is 11.6 Å². The molecule has 2 aromatic heterocycles. The number of hydrogen-bond acceptors (Lipinski definition) is 7. The van der Waals surface area contributed by atoms with Crippen LogP contribution in [0.5, 0.6) is 0 Å². The van der Waals surface area contributed by atoms with Gasteiger partial charge in [-0.2, -0.15) is 0 Å². The molecule has 1 aliphatic rings. The Labute approximate surface area is 198 Å². The van der Waals surface area contributed by atoms with Crippen LogP contribution >= 0.6 is 11.3 Å². The fourth-order valence-corrected chi connectivity index (χ4v) is 5.24. The van der Waals surface area contributed by atoms with Gasteiger partial charge in [-0.15, -0.1) is 11.3 Å². The van der Waals surface area contributed by atoms with Crippen LogP contribution < -0.4 is 10.9 Å². The van der Waals surface area contributed by atoms with E-state index in [-0.39, 0.29) is 22.7 Å². The topological polar surface area (TPSA) is 112 Å². The molecule has 34 heavy (non-hydrogen) atoms. The first-order valence-electron chi connectivity index (χ1n) is 10.6. The Morgan fingerprint density at radius 1 is 1.00 bits per heavy atom. The number of thiophene rings is 1. The molecule has 0 saturated carbocycles. The van der Waals surface area contributed by atoms with Gasteiger partial charge in [-0.3, -0.25) is 19.2 Å². The number of benzene rings is 2. The molecule has 5 rings (SSSR count). The van der Waals surface area contributed by atoms with Crippen LogP contribution in [0, 0.1) is 6.92 Å². The normalized spacial score (nSPS) is 12.7. The second-order valence-electron chi connectivity index (χ2n) is 8.41. The smallest absolute Gasteiger partial charge is 0.266 e. The minimum Gasteiger partial charge on any atom is -0.321 e. The number of H-pyrrole nitrogens is 1. The van der Waals surface area contributed by atoms with Crippen molar-refractivity contribution in [1.82, 2.24) is 14.9 Å². The van der Waals surface area contributed by atoms with Gasteiger partial charge in [0.1, 0.15) is 10.7 Å². The Kier molecular flexibility index (Phi) is 5.22. The zero-order chi connectivity index (χ0) is 24.1. The first kappa shape index (κ1) is 21.9. The molecule has 2 N–H and O–H groups in total. The minimum absolute atomic E-state index is 0.220. The number of amides is 1. The van der Waals surface area contributed by atoms with Crippen molar-refractivity contribution < 1.29 is 14.4 Å². The van der Waals surface area contributed by atoms with Crippen LogP contribution in [0.25, 0.3) is 10.2 Å². The van der Waals surface area contributed by atoms with E-state index in [4.69, 9.17) is 0 Å². The lowest BCUT2D eigenvalue weighted by Crippen LogP contribution is -2.21. The number of hydrogen-bond donors (Lipinski definition) is 2. The Hall–Kier alpha value is -3.95. The van der Waals surface area contributed by atoms with E-state index >= 15 is 0 Å². The largest absolute Gasteiger partial charge is 0.321 e. The number of nitrogens with one attached hydrogen (secondary N) is 2. The van der Waals surface area contributed by atoms with Crippen LogP contribution in [0.4, 0.5) is 5.69 Å². The van der Waals surface area contributed by atoms with Crippen molar-refractivity contribution in [1.29, 1.82) is 0 Å². The predicted molar refractivity (Wildman–Crippen MR) is 130 cm³/mol. The molecule has 1 amide bonds. The highest BCUT2D eigenvalue weighted by molar-refractivity contribution is 7.20. The van der Waals surface area contributed by atoms with Crippen molar-refractivity contribution in [2.75, 3.05) is 19.4 Å². The van der Waals surface area contributed by atoms with Crippen molar-refractivity contribution in [2.45, 2.75) is 13.5 Å². The third-order valence-electron chi connectivity index (χ3n) is 5.70. The molecular formula is C25H20N4O4S. The standard InChI is InChI=1S/C25H20N4O4S/c1-12-19-23(32)27-18(11-29(2)3)28-25(19)34-22(12)24(33)26-13-8-9-16-17(10-13)21(31)15-7-5-4-6-14(15)20(16)30/h4-10H,11H2,1-3H3,(H,26,33)(H,27,28,32). The van der Waals surface area contributed by atoms with E-state index in [0.717, 1.165) is 11.3 Å². The second kappa shape index (κ2) is 8.12. The summed E-state index contributed by atoms with van der Waals surface area (Å²) in [5.41, 5.74) is 1.93. The van der Waals surface area contributed by atoms with E-state index in [9.17, 15) is 19.2 Å². The Morgan fingerprint density at radius 3 is 2.32 bits per heavy atom. The van der Waals surface area contributed by atoms with Crippen LogP contribution in [-0.2, 0) is 6.54 Å². The molecule has 0 aliphatic heterocycles. The molecule has 0 atom stereocenters. The van der Waals surface area contributed by atoms with Crippen molar-refractivity contribution >= 4 is 44.7 Å². The molecule has 2 aromatic carbocycles. The van der Waals surface area contributed by atoms with Crippen LogP contribution in [0.3, 0.4) is 0 Å². The number of rotatable bonds is 4. The molecule has 170 valence electrons. The molecule has 9 heteroatoms. The zero-order valence-electron chi connectivity index (χ0n) is 18.7. The van der Waals surface area contributed by atoms with Crippen molar-refractivity contribution in [3.63, 3.8) is 0 Å². The van der Waals surface area contributed by atoms with E-state index in [1.54, 1.807) is 43.3 Å². The highest BCUT2D eigenvalue weighted by Gasteiger charge is 2.29. The van der Waals surface area contributed by atoms with Gasteiger partial charge in [0, 0.05) is 27.9 Å². The van der Waals surface area contributed by atoms with Crippen LogP contribution in [0.2, 0.25) is 0 Å². The maximum absolute atomic E-state index is 13.1. The lowest BCUT2D eigenvalue weighted by molar-refractivity contribution is 0.0979. The third kappa shape index (κ3) is 3.55. The van der Waals surface area contributed by atoms with Crippen LogP contribution in [0.15, 0.2) is 47.3 Å². The highest BCUT2D eigenvalue weighted by atomic mass is 32.1. The SMILES string of the molecule is Cc1c(C(=O)Nc2ccc3c(c2)C(=O)c2ccccc2C3=O)sc2nc(CN(C)C)[nH]c(=O)c12. The molecule has 0 fully saturated rings. The van der Waals surface area contributed by atoms with Crippen molar-refractivity contribution in [3.8, 4) is 0 Å². The van der Waals surface area contributed by atoms with E-state index < -0.39 is 5.91 Å². The maximum atomic E-state index is 13.1. The maximum Gasteiger partial charge on any atom is 0.266 e. The van der Waals surface area contributed by atoms with E-state index in [2.05, 4.69) is 15.3 Å². The quantitative estimate of drug-likeness (QED) is 0.415. The number of anilines is 1. The number of nitrogens with zero attached hydrogens (tertiary/aromatic N) is 2. The van der Waals surface area contributed by atoms with Crippen LogP contribution in [-0.4, -0.2) is 46.4 Å². The first-order valence-corrected chi connectivity index (χ1v) is 11.4. The van der Waals surface area contributed by atoms with E-state index in [0.29, 0.717) is 55.4 Å². The summed E-state index contributed by atoms with van der Waals surface area (Å²) >= 11 is 1.14. The molecule has 2 heterocycles. The van der Waals surface area contributed by atoms with Gasteiger partial charge >= 0.3 is 0 Å². The van der Waals surface area contributed by atoms with Crippen molar-refractivity contribution in [3.05, 3.63) is 91.3 Å². The fraction of sp³-hybridized carbons (Fsp3) is 0.160. The second-order valence-corrected chi connectivity index (χ2v) is 9.40. The Balaban J connectivity index is 1.48. The minimum atomic E-state index is -0.413. The molecule has 0 bridgehead atoms. The number of aromatic amines is 1. The Bertz CT molecular complexity index is 1580. The molecule has 0 saturated heterocycles. The Morgan fingerprint density at radius 2 is 1.65 bits per heavy atom. The van der Waals surface area contributed by atoms with Gasteiger partial charge in [-0.25, -0.2) is 4.98 Å². The zero-order valence-corrected chi connectivity index (χ0v) is 19.5. The van der Waals surface area contributed by atoms with Crippen molar-refractivity contribution in [2.24, 2.45) is 0 Å². The fourth-order valence-electron chi connectivity index (χ4n) is 4.14. The summed E-state index contributed by atoms with van der Waals surface area (Å²) in [5, 5.41) is 3.18. The molecule has 0 spiro atoms. The number of aromatic nitrogens is 2. The number of fused-ring (bicyclic) bond motifs is 3. The lowest BCUT2D eigenvalue weighted by atomic mass is 9.84. The molecule has 0 unspecified atom stereocenters. The van der Waals surface area contributed by atoms with Gasteiger partial charge in [0.25, 0.3) is 11.5 Å². The molecule has 8 nitrogen and oxygen atoms in total. The number of ketones is 2. The van der Waals surface area contributed by atoms with Crippen LogP contribution in [0.1, 0.15) is 52.9 Å². The first-order chi connectivity index (χ1) is 16.2. The van der Waals surface area contributed by atoms with Gasteiger partial charge < -0.3 is 15.2 Å². The monoisotopic (exact) mass is 472 g/mol. The summed E-state index contributed by atoms with van der Waals surface area (Å²) in [6, 6.07) is 11.4. The number of carbonyl (C=O) groups excluding carboxylic acids is 3. The van der Waals surface area contributed by atoms with E-state index in [1.165, 1.54) is 6.07 Å². The highest BCUT2D eigenvalue weighted by Crippen LogP contribution is 2.31. The molecule has 0 radical (unpaired) electrons. The third-order valence-corrected chi connectivity index (χ3v) is 6.89. The summed E-state index contributed by atoms with van der Waals surface area (Å²) in [6.07, 6.45) is 0. The molecule has 1 aliphatic carbocycles. The average molecular weight is 473 g/mol. The number of carbonyl (C=O) groups is 3. The van der Waals surface area contributed by atoms with Gasteiger partial charge in [-0.1, -0.05) is 24.3 Å². The average Bonchev–Trinajstić information content (AvgIpc) is 3.13. The number of aryl methyl sites for hydroxylation is 1. The van der Waals surface area contributed by atoms with Gasteiger partial charge in [-0.05, 0) is 44.8 Å². The summed E-state index contributed by atoms with van der Waals surface area (Å²) < 4.78 is 0. The molecular weight excluding hydrogens is 452 g/mol. The summed E-state index contributed by atoms with van der Waals surface area (Å²) in [4.78, 5) is 61.5. The van der Waals surface area contributed by atoms with Gasteiger partial charge in [0.2, 0.25) is 0 Å². The lowest BCUT2D eigenvalue weighted by Gasteiger charge is -2.18. The summed E-state index contributed by atoms with van der Waals surface area (Å²) in [7, 11) is 3.75. The summed E-state index contributed by atoms with van der Waals surface area (Å²) in [6.45, 7) is 2.18.